The monoisotopic (exact) mass is 299 g/mol. The third-order valence-electron chi connectivity index (χ3n) is 3.82. The van der Waals surface area contributed by atoms with Gasteiger partial charge in [-0.3, -0.25) is 9.59 Å². The van der Waals surface area contributed by atoms with E-state index in [9.17, 15) is 9.59 Å². The Morgan fingerprint density at radius 1 is 1.36 bits per heavy atom. The molecule has 0 fully saturated rings. The van der Waals surface area contributed by atoms with Crippen LogP contribution in [-0.2, 0) is 24.2 Å². The molecule has 114 valence electrons. The summed E-state index contributed by atoms with van der Waals surface area (Å²) in [6.45, 7) is 1.48. The first-order chi connectivity index (χ1) is 10.5. The topological polar surface area (TPSA) is 84.2 Å². The first kappa shape index (κ1) is 14.3. The fourth-order valence-electron chi connectivity index (χ4n) is 2.91. The number of aliphatic carboxylic acids is 1. The van der Waals surface area contributed by atoms with Crippen LogP contribution < -0.4 is 5.32 Å². The van der Waals surface area contributed by atoms with Crippen LogP contribution in [0.2, 0.25) is 0 Å². The van der Waals surface area contributed by atoms with Crippen LogP contribution in [0.1, 0.15) is 33.6 Å². The van der Waals surface area contributed by atoms with Crippen LogP contribution in [0.4, 0.5) is 5.82 Å². The van der Waals surface area contributed by atoms with Crippen LogP contribution in [0.15, 0.2) is 24.3 Å². The number of carboxylic acid groups (broad SMARTS) is 1. The molecule has 0 unspecified atom stereocenters. The molecule has 2 N–H and O–H groups in total. The Morgan fingerprint density at radius 2 is 2.18 bits per heavy atom. The molecule has 22 heavy (non-hydrogen) atoms. The fraction of sp³-hybridized carbons (Fsp3) is 0.312. The minimum atomic E-state index is -1.00. The molecule has 3 rings (SSSR count). The number of carbonyl (C=O) groups is 2. The maximum absolute atomic E-state index is 12.5. The van der Waals surface area contributed by atoms with Crippen LogP contribution in [-0.4, -0.2) is 26.8 Å². The minimum absolute atomic E-state index is 0.217. The molecule has 1 amide bonds. The van der Waals surface area contributed by atoms with Crippen molar-refractivity contribution in [1.82, 2.24) is 9.78 Å². The van der Waals surface area contributed by atoms with E-state index < -0.39 is 5.97 Å². The van der Waals surface area contributed by atoms with Crippen molar-refractivity contribution in [2.24, 2.45) is 0 Å². The lowest BCUT2D eigenvalue weighted by molar-refractivity contribution is -0.137. The Labute approximate surface area is 127 Å². The summed E-state index contributed by atoms with van der Waals surface area (Å²) in [5, 5.41) is 15.8. The normalized spacial score (nSPS) is 13.0. The molecule has 0 saturated heterocycles. The maximum Gasteiger partial charge on any atom is 0.325 e. The zero-order valence-electron chi connectivity index (χ0n) is 12.3. The van der Waals surface area contributed by atoms with Gasteiger partial charge in [-0.05, 0) is 43.4 Å². The van der Waals surface area contributed by atoms with Gasteiger partial charge in [-0.2, -0.15) is 5.10 Å². The standard InChI is InChI=1S/C16H17N3O3/c1-10-8-14(19(18-10)9-15(20)21)17-16(22)13-7-3-5-11-4-2-6-12(11)13/h3,5,7-8H,2,4,6,9H2,1H3,(H,17,22)(H,20,21). The predicted molar refractivity (Wildman–Crippen MR) is 81.0 cm³/mol. The largest absolute Gasteiger partial charge is 0.480 e. The molecule has 2 aromatic rings. The number of aryl methyl sites for hydroxylation is 2. The molecular formula is C16H17N3O3. The Morgan fingerprint density at radius 3 is 2.95 bits per heavy atom. The van der Waals surface area contributed by atoms with Gasteiger partial charge in [0.2, 0.25) is 0 Å². The van der Waals surface area contributed by atoms with Gasteiger partial charge < -0.3 is 10.4 Å². The van der Waals surface area contributed by atoms with Crippen LogP contribution in [0.3, 0.4) is 0 Å². The van der Waals surface area contributed by atoms with Gasteiger partial charge in [0.05, 0.1) is 5.69 Å². The van der Waals surface area contributed by atoms with E-state index in [1.165, 1.54) is 10.2 Å². The lowest BCUT2D eigenvalue weighted by atomic mass is 10.0. The molecule has 6 nitrogen and oxygen atoms in total. The number of nitrogens with one attached hydrogen (secondary N) is 1. The van der Waals surface area contributed by atoms with Crippen molar-refractivity contribution < 1.29 is 14.7 Å². The van der Waals surface area contributed by atoms with Crippen LogP contribution in [0.25, 0.3) is 0 Å². The van der Waals surface area contributed by atoms with Crippen molar-refractivity contribution >= 4 is 17.7 Å². The minimum Gasteiger partial charge on any atom is -0.480 e. The quantitative estimate of drug-likeness (QED) is 0.904. The summed E-state index contributed by atoms with van der Waals surface area (Å²) >= 11 is 0. The molecular weight excluding hydrogens is 282 g/mol. The van der Waals surface area contributed by atoms with Crippen molar-refractivity contribution in [3.05, 3.63) is 46.6 Å². The number of aromatic nitrogens is 2. The van der Waals surface area contributed by atoms with Crippen LogP contribution in [0.5, 0.6) is 0 Å². The fourth-order valence-corrected chi connectivity index (χ4v) is 2.91. The summed E-state index contributed by atoms with van der Waals surface area (Å²) in [6.07, 6.45) is 2.98. The first-order valence-corrected chi connectivity index (χ1v) is 7.23. The highest BCUT2D eigenvalue weighted by Gasteiger charge is 2.20. The number of nitrogens with zero attached hydrogens (tertiary/aromatic N) is 2. The number of hydrogen-bond acceptors (Lipinski definition) is 3. The van der Waals surface area contributed by atoms with Gasteiger partial charge in [0.15, 0.2) is 0 Å². The Kier molecular flexibility index (Phi) is 3.66. The summed E-state index contributed by atoms with van der Waals surface area (Å²) in [5.41, 5.74) is 3.65. The van der Waals surface area contributed by atoms with Gasteiger partial charge in [-0.1, -0.05) is 12.1 Å². The van der Waals surface area contributed by atoms with Gasteiger partial charge in [0.1, 0.15) is 12.4 Å². The van der Waals surface area contributed by atoms with E-state index >= 15 is 0 Å². The Bertz CT molecular complexity index is 749. The first-order valence-electron chi connectivity index (χ1n) is 7.23. The molecule has 0 radical (unpaired) electrons. The van der Waals surface area contributed by atoms with E-state index in [1.54, 1.807) is 13.0 Å². The van der Waals surface area contributed by atoms with Gasteiger partial charge in [-0.15, -0.1) is 0 Å². The number of carbonyl (C=O) groups excluding carboxylic acids is 1. The van der Waals surface area contributed by atoms with Gasteiger partial charge in [-0.25, -0.2) is 4.68 Å². The molecule has 0 atom stereocenters. The molecule has 6 heteroatoms. The van der Waals surface area contributed by atoms with Gasteiger partial charge in [0.25, 0.3) is 5.91 Å². The molecule has 1 aliphatic rings. The Balaban J connectivity index is 1.86. The van der Waals surface area contributed by atoms with Gasteiger partial charge >= 0.3 is 5.97 Å². The maximum atomic E-state index is 12.5. The van der Waals surface area contributed by atoms with Crippen molar-refractivity contribution in [1.29, 1.82) is 0 Å². The van der Waals surface area contributed by atoms with Crippen LogP contribution in [0, 0.1) is 6.92 Å². The molecule has 0 spiro atoms. The predicted octanol–water partition coefficient (Wildman–Crippen LogP) is 2.02. The second kappa shape index (κ2) is 5.63. The SMILES string of the molecule is Cc1cc(NC(=O)c2cccc3c2CCC3)n(CC(=O)O)n1. The van der Waals surface area contributed by atoms with Crippen molar-refractivity contribution in [2.75, 3.05) is 5.32 Å². The molecule has 1 aromatic carbocycles. The summed E-state index contributed by atoms with van der Waals surface area (Å²) in [4.78, 5) is 23.4. The highest BCUT2D eigenvalue weighted by Crippen LogP contribution is 2.26. The number of carboxylic acids is 1. The smallest absolute Gasteiger partial charge is 0.325 e. The average Bonchev–Trinajstić information content (AvgIpc) is 3.04. The molecule has 0 aliphatic heterocycles. The van der Waals surface area contributed by atoms with E-state index in [1.807, 2.05) is 12.1 Å². The van der Waals surface area contributed by atoms with Crippen LogP contribution >= 0.6 is 0 Å². The summed E-state index contributed by atoms with van der Waals surface area (Å²) in [7, 11) is 0. The van der Waals surface area contributed by atoms with E-state index in [-0.39, 0.29) is 12.5 Å². The molecule has 1 aliphatic carbocycles. The van der Waals surface area contributed by atoms with Crippen molar-refractivity contribution in [2.45, 2.75) is 32.7 Å². The highest BCUT2D eigenvalue weighted by molar-refractivity contribution is 6.05. The zero-order valence-corrected chi connectivity index (χ0v) is 12.3. The second-order valence-electron chi connectivity index (χ2n) is 5.47. The number of amides is 1. The molecule has 1 heterocycles. The summed E-state index contributed by atoms with van der Waals surface area (Å²) < 4.78 is 1.29. The van der Waals surface area contributed by atoms with E-state index in [0.717, 1.165) is 24.8 Å². The lowest BCUT2D eigenvalue weighted by Gasteiger charge is -2.10. The van der Waals surface area contributed by atoms with Crippen molar-refractivity contribution in [3.8, 4) is 0 Å². The zero-order chi connectivity index (χ0) is 15.7. The van der Waals surface area contributed by atoms with E-state index in [4.69, 9.17) is 5.11 Å². The van der Waals surface area contributed by atoms with E-state index in [2.05, 4.69) is 16.5 Å². The molecule has 1 aromatic heterocycles. The number of hydrogen-bond donors (Lipinski definition) is 2. The number of fused-ring (bicyclic) bond motifs is 1. The van der Waals surface area contributed by atoms with E-state index in [0.29, 0.717) is 17.1 Å². The molecule has 0 bridgehead atoms. The Hall–Kier alpha value is -2.63. The summed E-state index contributed by atoms with van der Waals surface area (Å²) in [5.74, 6) is -0.815. The highest BCUT2D eigenvalue weighted by atomic mass is 16.4. The average molecular weight is 299 g/mol. The number of benzene rings is 1. The lowest BCUT2D eigenvalue weighted by Crippen LogP contribution is -2.19. The number of rotatable bonds is 4. The molecule has 0 saturated carbocycles. The number of anilines is 1. The van der Waals surface area contributed by atoms with Gasteiger partial charge in [0, 0.05) is 11.6 Å². The third kappa shape index (κ3) is 2.72. The third-order valence-corrected chi connectivity index (χ3v) is 3.82. The second-order valence-corrected chi connectivity index (χ2v) is 5.47. The van der Waals surface area contributed by atoms with Crippen molar-refractivity contribution in [3.63, 3.8) is 0 Å². The summed E-state index contributed by atoms with van der Waals surface area (Å²) in [6, 6.07) is 7.42.